The van der Waals surface area contributed by atoms with E-state index in [2.05, 4.69) is 6.58 Å². The first-order chi connectivity index (χ1) is 14.3. The fourth-order valence-electron chi connectivity index (χ4n) is 2.93. The quantitative estimate of drug-likeness (QED) is 0.421. The Kier molecular flexibility index (Phi) is 8.35. The van der Waals surface area contributed by atoms with Gasteiger partial charge in [0.1, 0.15) is 16.8 Å². The van der Waals surface area contributed by atoms with Crippen molar-refractivity contribution in [3.8, 4) is 0 Å². The van der Waals surface area contributed by atoms with Gasteiger partial charge in [0.15, 0.2) is 0 Å². The zero-order chi connectivity index (χ0) is 23.3. The SMILES string of the molecule is C=C1COCCN(C(=O)OC(C)(C)C)C1.CC(C)(C)OC(=O)N1CCOCC2(CO2)C1. The zero-order valence-corrected chi connectivity index (χ0v) is 19.8. The second-order valence-corrected chi connectivity index (χ2v) is 10.1. The average molecular weight is 443 g/mol. The van der Waals surface area contributed by atoms with Crippen molar-refractivity contribution in [1.82, 2.24) is 9.80 Å². The molecule has 1 unspecified atom stereocenters. The number of hydrogen-bond donors (Lipinski definition) is 0. The van der Waals surface area contributed by atoms with E-state index in [1.54, 1.807) is 9.80 Å². The van der Waals surface area contributed by atoms with Crippen LogP contribution in [0.3, 0.4) is 0 Å². The van der Waals surface area contributed by atoms with E-state index >= 15 is 0 Å². The van der Waals surface area contributed by atoms with E-state index in [9.17, 15) is 9.59 Å². The van der Waals surface area contributed by atoms with Crippen molar-refractivity contribution in [1.29, 1.82) is 0 Å². The van der Waals surface area contributed by atoms with Crippen LogP contribution < -0.4 is 0 Å². The molecule has 3 aliphatic rings. The van der Waals surface area contributed by atoms with Crippen LogP contribution in [0.4, 0.5) is 9.59 Å². The van der Waals surface area contributed by atoms with E-state index in [0.29, 0.717) is 59.2 Å². The molecule has 0 aromatic heterocycles. The molecule has 0 bridgehead atoms. The highest BCUT2D eigenvalue weighted by Gasteiger charge is 2.49. The van der Waals surface area contributed by atoms with Gasteiger partial charge in [-0.1, -0.05) is 6.58 Å². The molecular formula is C22H38N2O7. The van der Waals surface area contributed by atoms with E-state index in [1.807, 2.05) is 41.5 Å². The van der Waals surface area contributed by atoms with Crippen LogP contribution in [0.2, 0.25) is 0 Å². The topological polar surface area (TPSA) is 90.1 Å². The summed E-state index contributed by atoms with van der Waals surface area (Å²) in [7, 11) is 0. The van der Waals surface area contributed by atoms with Gasteiger partial charge in [-0.05, 0) is 47.1 Å². The molecule has 0 aliphatic carbocycles. The standard InChI is InChI=1S/C11H19NO4.C11H19NO3/c1-10(2,3)16-9(13)12-4-5-14-7-11(6-12)8-15-11;1-9-7-12(5-6-14-8-9)10(13)15-11(2,3)4/h4-8H2,1-3H3;1,5-8H2,2-4H3. The number of nitrogens with zero attached hydrogens (tertiary/aromatic N) is 2. The summed E-state index contributed by atoms with van der Waals surface area (Å²) < 4.78 is 26.6. The van der Waals surface area contributed by atoms with Crippen LogP contribution in [0.25, 0.3) is 0 Å². The van der Waals surface area contributed by atoms with Gasteiger partial charge < -0.3 is 33.5 Å². The first-order valence-electron chi connectivity index (χ1n) is 10.7. The molecule has 1 spiro atoms. The molecule has 0 aromatic rings. The molecular weight excluding hydrogens is 404 g/mol. The average Bonchev–Trinajstić information content (AvgIpc) is 3.42. The molecule has 178 valence electrons. The monoisotopic (exact) mass is 442 g/mol. The molecule has 3 fully saturated rings. The summed E-state index contributed by atoms with van der Waals surface area (Å²) in [6, 6.07) is 0. The van der Waals surface area contributed by atoms with Crippen LogP contribution >= 0.6 is 0 Å². The van der Waals surface area contributed by atoms with Gasteiger partial charge in [-0.25, -0.2) is 9.59 Å². The predicted octanol–water partition coefficient (Wildman–Crippen LogP) is 2.83. The number of carbonyl (C=O) groups excluding carboxylic acids is 2. The number of epoxide rings is 1. The molecule has 0 aromatic carbocycles. The molecule has 3 aliphatic heterocycles. The fourth-order valence-corrected chi connectivity index (χ4v) is 2.93. The number of ether oxygens (including phenoxy) is 5. The van der Waals surface area contributed by atoms with Gasteiger partial charge in [0.25, 0.3) is 0 Å². The lowest BCUT2D eigenvalue weighted by Crippen LogP contribution is -2.42. The van der Waals surface area contributed by atoms with E-state index < -0.39 is 11.2 Å². The van der Waals surface area contributed by atoms with Crippen molar-refractivity contribution in [3.05, 3.63) is 12.2 Å². The first kappa shape index (κ1) is 25.4. The van der Waals surface area contributed by atoms with Gasteiger partial charge in [-0.3, -0.25) is 0 Å². The summed E-state index contributed by atoms with van der Waals surface area (Å²) in [5.41, 5.74) is -0.265. The minimum absolute atomic E-state index is 0.257. The first-order valence-corrected chi connectivity index (χ1v) is 10.7. The Hall–Kier alpha value is -1.84. The summed E-state index contributed by atoms with van der Waals surface area (Å²) in [5.74, 6) is 0. The Labute approximate surface area is 185 Å². The molecule has 0 N–H and O–H groups in total. The summed E-state index contributed by atoms with van der Waals surface area (Å²) in [6.45, 7) is 20.1. The van der Waals surface area contributed by atoms with Crippen molar-refractivity contribution in [2.24, 2.45) is 0 Å². The Balaban J connectivity index is 0.000000221. The maximum Gasteiger partial charge on any atom is 0.410 e. The summed E-state index contributed by atoms with van der Waals surface area (Å²) >= 11 is 0. The predicted molar refractivity (Wildman–Crippen MR) is 115 cm³/mol. The van der Waals surface area contributed by atoms with E-state index in [4.69, 9.17) is 23.7 Å². The Bertz CT molecular complexity index is 647. The highest BCUT2D eigenvalue weighted by molar-refractivity contribution is 5.69. The smallest absolute Gasteiger partial charge is 0.410 e. The number of carbonyl (C=O) groups is 2. The molecule has 3 saturated heterocycles. The maximum absolute atomic E-state index is 11.9. The maximum atomic E-state index is 11.9. The molecule has 3 rings (SSSR count). The third kappa shape index (κ3) is 9.45. The summed E-state index contributed by atoms with van der Waals surface area (Å²) in [5, 5.41) is 0. The summed E-state index contributed by atoms with van der Waals surface area (Å²) in [4.78, 5) is 26.9. The Morgan fingerprint density at radius 1 is 0.903 bits per heavy atom. The number of amides is 2. The van der Waals surface area contributed by atoms with E-state index in [1.165, 1.54) is 0 Å². The highest BCUT2D eigenvalue weighted by atomic mass is 16.6. The molecule has 2 amide bonds. The number of rotatable bonds is 0. The van der Waals surface area contributed by atoms with Crippen molar-refractivity contribution < 1.29 is 33.3 Å². The molecule has 1 atom stereocenters. The zero-order valence-electron chi connectivity index (χ0n) is 19.8. The molecule has 9 heteroatoms. The lowest BCUT2D eigenvalue weighted by molar-refractivity contribution is 0.0221. The van der Waals surface area contributed by atoms with Crippen LogP contribution in [-0.4, -0.2) is 98.0 Å². The molecule has 0 saturated carbocycles. The molecule has 9 nitrogen and oxygen atoms in total. The van der Waals surface area contributed by atoms with Crippen LogP contribution in [0.5, 0.6) is 0 Å². The number of hydrogen-bond acceptors (Lipinski definition) is 7. The molecule has 31 heavy (non-hydrogen) atoms. The lowest BCUT2D eigenvalue weighted by Gasteiger charge is -2.26. The summed E-state index contributed by atoms with van der Waals surface area (Å²) in [6.07, 6.45) is -0.581. The van der Waals surface area contributed by atoms with Crippen LogP contribution in [0.1, 0.15) is 41.5 Å². The van der Waals surface area contributed by atoms with Gasteiger partial charge >= 0.3 is 12.2 Å². The second kappa shape index (κ2) is 10.2. The van der Waals surface area contributed by atoms with Crippen LogP contribution in [0, 0.1) is 0 Å². The Morgan fingerprint density at radius 2 is 1.42 bits per heavy atom. The minimum atomic E-state index is -0.457. The third-order valence-corrected chi connectivity index (χ3v) is 4.43. The van der Waals surface area contributed by atoms with Crippen molar-refractivity contribution >= 4 is 12.2 Å². The van der Waals surface area contributed by atoms with Crippen molar-refractivity contribution in [2.45, 2.75) is 58.3 Å². The van der Waals surface area contributed by atoms with Gasteiger partial charge in [-0.2, -0.15) is 0 Å². The lowest BCUT2D eigenvalue weighted by atomic mass is 10.2. The molecule has 0 radical (unpaired) electrons. The van der Waals surface area contributed by atoms with Crippen molar-refractivity contribution in [3.63, 3.8) is 0 Å². The fraction of sp³-hybridized carbons (Fsp3) is 0.818. The minimum Gasteiger partial charge on any atom is -0.444 e. The van der Waals surface area contributed by atoms with Crippen LogP contribution in [0.15, 0.2) is 12.2 Å². The second-order valence-electron chi connectivity index (χ2n) is 10.1. The highest BCUT2D eigenvalue weighted by Crippen LogP contribution is 2.30. The normalized spacial score (nSPS) is 24.5. The molecule has 3 heterocycles. The largest absolute Gasteiger partial charge is 0.444 e. The van der Waals surface area contributed by atoms with Gasteiger partial charge in [0, 0.05) is 19.6 Å². The third-order valence-electron chi connectivity index (χ3n) is 4.43. The van der Waals surface area contributed by atoms with E-state index in [-0.39, 0.29) is 17.8 Å². The van der Waals surface area contributed by atoms with Gasteiger partial charge in [-0.15, -0.1) is 0 Å². The van der Waals surface area contributed by atoms with Gasteiger partial charge in [0.05, 0.1) is 39.6 Å². The van der Waals surface area contributed by atoms with Crippen LogP contribution in [-0.2, 0) is 23.7 Å². The van der Waals surface area contributed by atoms with Gasteiger partial charge in [0.2, 0.25) is 0 Å². The van der Waals surface area contributed by atoms with Crippen molar-refractivity contribution in [2.75, 3.05) is 59.2 Å². The van der Waals surface area contributed by atoms with E-state index in [0.717, 1.165) is 5.57 Å². The Morgan fingerprint density at radius 3 is 1.97 bits per heavy atom.